The van der Waals surface area contributed by atoms with Gasteiger partial charge in [-0.15, -0.1) is 0 Å². The minimum atomic E-state index is -0.0923. The van der Waals surface area contributed by atoms with Gasteiger partial charge in [-0.3, -0.25) is 4.79 Å². The maximum atomic E-state index is 12.5. The first-order valence-corrected chi connectivity index (χ1v) is 7.99. The number of methoxy groups -OCH3 is 2. The molecule has 1 aromatic rings. The van der Waals surface area contributed by atoms with Crippen molar-refractivity contribution in [1.82, 2.24) is 5.32 Å². The van der Waals surface area contributed by atoms with Crippen LogP contribution in [0.4, 0.5) is 5.69 Å². The van der Waals surface area contributed by atoms with Gasteiger partial charge in [-0.2, -0.15) is 0 Å². The second-order valence-corrected chi connectivity index (χ2v) is 6.20. The lowest BCUT2D eigenvalue weighted by atomic mass is 9.85. The molecule has 22 heavy (non-hydrogen) atoms. The van der Waals surface area contributed by atoms with Crippen LogP contribution in [0.1, 0.15) is 32.1 Å². The summed E-state index contributed by atoms with van der Waals surface area (Å²) in [5, 5.41) is 6.48. The van der Waals surface area contributed by atoms with Gasteiger partial charge >= 0.3 is 0 Å². The molecule has 2 N–H and O–H groups in total. The van der Waals surface area contributed by atoms with Gasteiger partial charge in [0.2, 0.25) is 5.91 Å². The first-order chi connectivity index (χ1) is 10.7. The number of carbonyl (C=O) groups excluding carboxylic acids is 1. The molecule has 120 valence electrons. The van der Waals surface area contributed by atoms with Crippen LogP contribution in [0, 0.1) is 5.92 Å². The van der Waals surface area contributed by atoms with Crippen molar-refractivity contribution in [3.8, 4) is 11.5 Å². The fraction of sp³-hybridized carbons (Fsp3) is 0.588. The van der Waals surface area contributed by atoms with Gasteiger partial charge in [0.25, 0.3) is 0 Å². The molecule has 2 fully saturated rings. The van der Waals surface area contributed by atoms with E-state index in [0.717, 1.165) is 6.42 Å². The number of amides is 1. The summed E-state index contributed by atoms with van der Waals surface area (Å²) in [6.07, 6.45) is 5.95. The van der Waals surface area contributed by atoms with E-state index in [2.05, 4.69) is 10.6 Å². The molecule has 1 aromatic carbocycles. The number of carbonyl (C=O) groups is 1. The molecule has 0 spiro atoms. The fourth-order valence-electron chi connectivity index (χ4n) is 3.63. The van der Waals surface area contributed by atoms with Crippen molar-refractivity contribution < 1.29 is 14.3 Å². The van der Waals surface area contributed by atoms with Crippen molar-refractivity contribution in [2.45, 2.75) is 44.2 Å². The highest BCUT2D eigenvalue weighted by molar-refractivity contribution is 5.95. The molecule has 5 heteroatoms. The van der Waals surface area contributed by atoms with Crippen molar-refractivity contribution in [3.63, 3.8) is 0 Å². The second kappa shape index (κ2) is 6.57. The van der Waals surface area contributed by atoms with Crippen LogP contribution in [0.25, 0.3) is 0 Å². The summed E-state index contributed by atoms with van der Waals surface area (Å²) in [5.74, 6) is 2.03. The summed E-state index contributed by atoms with van der Waals surface area (Å²) in [6.45, 7) is 0. The number of hydrogen-bond donors (Lipinski definition) is 2. The van der Waals surface area contributed by atoms with Crippen molar-refractivity contribution in [2.24, 2.45) is 5.92 Å². The number of rotatable bonds is 4. The van der Waals surface area contributed by atoms with Crippen LogP contribution in [0.2, 0.25) is 0 Å². The molecule has 1 saturated carbocycles. The highest BCUT2D eigenvalue weighted by Gasteiger charge is 2.38. The second-order valence-electron chi connectivity index (χ2n) is 6.20. The van der Waals surface area contributed by atoms with Crippen LogP contribution in [0.15, 0.2) is 18.2 Å². The molecule has 2 aliphatic rings. The zero-order valence-electron chi connectivity index (χ0n) is 13.2. The first-order valence-electron chi connectivity index (χ1n) is 7.99. The minimum absolute atomic E-state index is 0.0321. The molecular formula is C17H24N2O3. The monoisotopic (exact) mass is 304 g/mol. The van der Waals surface area contributed by atoms with E-state index in [1.807, 2.05) is 12.1 Å². The Kier molecular flexibility index (Phi) is 4.52. The number of hydrogen-bond acceptors (Lipinski definition) is 4. The van der Waals surface area contributed by atoms with E-state index in [1.165, 1.54) is 25.7 Å². The lowest BCUT2D eigenvalue weighted by molar-refractivity contribution is -0.117. The third-order valence-corrected chi connectivity index (χ3v) is 4.80. The van der Waals surface area contributed by atoms with Crippen LogP contribution >= 0.6 is 0 Å². The summed E-state index contributed by atoms with van der Waals surface area (Å²) >= 11 is 0. The van der Waals surface area contributed by atoms with Crippen molar-refractivity contribution in [1.29, 1.82) is 0 Å². The fourth-order valence-corrected chi connectivity index (χ4v) is 3.63. The number of anilines is 1. The lowest BCUT2D eigenvalue weighted by Gasteiger charge is -2.24. The summed E-state index contributed by atoms with van der Waals surface area (Å²) in [5.41, 5.74) is 0.706. The molecule has 1 aliphatic carbocycles. The van der Waals surface area contributed by atoms with Gasteiger partial charge in [0, 0.05) is 29.9 Å². The molecule has 5 nitrogen and oxygen atoms in total. The molecule has 3 atom stereocenters. The summed E-state index contributed by atoms with van der Waals surface area (Å²) in [6, 6.07) is 5.83. The average molecular weight is 304 g/mol. The van der Waals surface area contributed by atoms with E-state index in [4.69, 9.17) is 9.47 Å². The van der Waals surface area contributed by atoms with Gasteiger partial charge in [-0.1, -0.05) is 12.8 Å². The predicted molar refractivity (Wildman–Crippen MR) is 85.5 cm³/mol. The van der Waals surface area contributed by atoms with Crippen molar-refractivity contribution >= 4 is 11.6 Å². The zero-order chi connectivity index (χ0) is 15.5. The Labute approximate surface area is 131 Å². The number of ether oxygens (including phenoxy) is 2. The molecular weight excluding hydrogens is 280 g/mol. The zero-order valence-corrected chi connectivity index (χ0v) is 13.2. The summed E-state index contributed by atoms with van der Waals surface area (Å²) < 4.78 is 10.5. The van der Waals surface area contributed by atoms with Gasteiger partial charge in [-0.05, 0) is 25.2 Å². The third-order valence-electron chi connectivity index (χ3n) is 4.80. The predicted octanol–water partition coefficient (Wildman–Crippen LogP) is 2.56. The number of nitrogens with one attached hydrogen (secondary N) is 2. The Morgan fingerprint density at radius 2 is 1.82 bits per heavy atom. The smallest absolute Gasteiger partial charge is 0.241 e. The van der Waals surface area contributed by atoms with Crippen molar-refractivity contribution in [2.75, 3.05) is 19.5 Å². The molecule has 1 heterocycles. The van der Waals surface area contributed by atoms with Gasteiger partial charge in [-0.25, -0.2) is 0 Å². The number of fused-ring (bicyclic) bond motifs is 1. The third kappa shape index (κ3) is 3.19. The Morgan fingerprint density at radius 3 is 2.45 bits per heavy atom. The molecule has 1 amide bonds. The van der Waals surface area contributed by atoms with E-state index in [0.29, 0.717) is 29.1 Å². The molecule has 1 aliphatic heterocycles. The van der Waals surface area contributed by atoms with Crippen LogP contribution in [0.3, 0.4) is 0 Å². The average Bonchev–Trinajstić information content (AvgIpc) is 2.98. The molecule has 0 aromatic heterocycles. The Bertz CT molecular complexity index is 510. The molecule has 0 radical (unpaired) electrons. The summed E-state index contributed by atoms with van der Waals surface area (Å²) in [4.78, 5) is 12.5. The first kappa shape index (κ1) is 15.2. The molecule has 3 rings (SSSR count). The quantitative estimate of drug-likeness (QED) is 0.897. The Morgan fingerprint density at radius 1 is 1.14 bits per heavy atom. The van der Waals surface area contributed by atoms with E-state index in [9.17, 15) is 4.79 Å². The lowest BCUT2D eigenvalue weighted by Crippen LogP contribution is -2.39. The van der Waals surface area contributed by atoms with Crippen LogP contribution < -0.4 is 20.1 Å². The van der Waals surface area contributed by atoms with Gasteiger partial charge in [0.15, 0.2) is 0 Å². The van der Waals surface area contributed by atoms with Crippen LogP contribution in [-0.2, 0) is 4.79 Å². The highest BCUT2D eigenvalue weighted by Crippen LogP contribution is 2.34. The highest BCUT2D eigenvalue weighted by atomic mass is 16.5. The SMILES string of the molecule is COc1cc(NC(=O)C2CC3CCCCC3N2)cc(OC)c1. The van der Waals surface area contributed by atoms with E-state index in [1.54, 1.807) is 20.3 Å². The molecule has 1 saturated heterocycles. The Hall–Kier alpha value is -1.75. The topological polar surface area (TPSA) is 59.6 Å². The number of benzene rings is 1. The standard InChI is InChI=1S/C17H24N2O3/c1-21-13-8-12(9-14(10-13)22-2)18-17(20)16-7-11-5-3-4-6-15(11)19-16/h8-11,15-16,19H,3-7H2,1-2H3,(H,18,20). The Balaban J connectivity index is 1.66. The van der Waals surface area contributed by atoms with Gasteiger partial charge < -0.3 is 20.1 Å². The van der Waals surface area contributed by atoms with Gasteiger partial charge in [0.1, 0.15) is 11.5 Å². The summed E-state index contributed by atoms with van der Waals surface area (Å²) in [7, 11) is 3.20. The van der Waals surface area contributed by atoms with E-state index < -0.39 is 0 Å². The molecule has 0 bridgehead atoms. The van der Waals surface area contributed by atoms with Crippen LogP contribution in [-0.4, -0.2) is 32.2 Å². The van der Waals surface area contributed by atoms with Crippen LogP contribution in [0.5, 0.6) is 11.5 Å². The van der Waals surface area contributed by atoms with E-state index in [-0.39, 0.29) is 11.9 Å². The van der Waals surface area contributed by atoms with Crippen molar-refractivity contribution in [3.05, 3.63) is 18.2 Å². The van der Waals surface area contributed by atoms with E-state index >= 15 is 0 Å². The minimum Gasteiger partial charge on any atom is -0.497 e. The maximum Gasteiger partial charge on any atom is 0.241 e. The normalized spacial score (nSPS) is 27.1. The van der Waals surface area contributed by atoms with Gasteiger partial charge in [0.05, 0.1) is 20.3 Å². The maximum absolute atomic E-state index is 12.5. The largest absolute Gasteiger partial charge is 0.497 e. The molecule has 3 unspecified atom stereocenters.